The molecule has 142 valence electrons. The molecule has 7 nitrogen and oxygen atoms in total. The number of hydrogen-bond acceptors (Lipinski definition) is 7. The Balaban J connectivity index is 0. The Labute approximate surface area is 151 Å². The fourth-order valence-electron chi connectivity index (χ4n) is 1.34. The van der Waals surface area contributed by atoms with Gasteiger partial charge >= 0.3 is 5.97 Å². The number of rotatable bonds is 10. The highest BCUT2D eigenvalue weighted by molar-refractivity contribution is 6.08. The molecule has 0 aliphatic carbocycles. The molecule has 0 saturated carbocycles. The molecule has 0 unspecified atom stereocenters. The Hall–Kier alpha value is -2.49. The normalized spacial score (nSPS) is 11.6. The lowest BCUT2D eigenvalue weighted by Crippen LogP contribution is -2.23. The second-order valence-electron chi connectivity index (χ2n) is 5.59. The van der Waals surface area contributed by atoms with Crippen LogP contribution in [0.4, 0.5) is 0 Å². The summed E-state index contributed by atoms with van der Waals surface area (Å²) in [6.45, 7) is 13.6. The van der Waals surface area contributed by atoms with Crippen LogP contribution in [-0.2, 0) is 19.0 Å². The summed E-state index contributed by atoms with van der Waals surface area (Å²) < 4.78 is 15.3. The van der Waals surface area contributed by atoms with Crippen LogP contribution in [0.2, 0.25) is 0 Å². The summed E-state index contributed by atoms with van der Waals surface area (Å²) in [5.41, 5.74) is -0.823. The van der Waals surface area contributed by atoms with Crippen molar-refractivity contribution < 1.29 is 19.0 Å². The number of ether oxygens (including phenoxy) is 3. The van der Waals surface area contributed by atoms with Gasteiger partial charge in [0.1, 0.15) is 11.2 Å². The van der Waals surface area contributed by atoms with Crippen LogP contribution in [-0.4, -0.2) is 31.0 Å². The van der Waals surface area contributed by atoms with E-state index in [0.717, 1.165) is 6.21 Å². The van der Waals surface area contributed by atoms with Crippen LogP contribution in [0.15, 0.2) is 23.7 Å². The minimum Gasteiger partial charge on any atom is -0.478 e. The predicted octanol–water partition coefficient (Wildman–Crippen LogP) is 3.49. The van der Waals surface area contributed by atoms with E-state index in [1.54, 1.807) is 33.1 Å². The predicted molar refractivity (Wildman–Crippen MR) is 97.6 cm³/mol. The van der Waals surface area contributed by atoms with Gasteiger partial charge in [0.2, 0.25) is 5.88 Å². The zero-order valence-corrected chi connectivity index (χ0v) is 16.3. The summed E-state index contributed by atoms with van der Waals surface area (Å²) in [5.74, 6) is -0.283. The Morgan fingerprint density at radius 3 is 2.36 bits per heavy atom. The minimum atomic E-state index is -0.806. The van der Waals surface area contributed by atoms with Crippen molar-refractivity contribution in [1.29, 1.82) is 10.7 Å². The van der Waals surface area contributed by atoms with Crippen molar-refractivity contribution in [3.63, 3.8) is 0 Å². The molecule has 0 aromatic carbocycles. The monoisotopic (exact) mass is 353 g/mol. The summed E-state index contributed by atoms with van der Waals surface area (Å²) >= 11 is 0. The molecule has 0 fully saturated rings. The van der Waals surface area contributed by atoms with E-state index >= 15 is 0 Å². The summed E-state index contributed by atoms with van der Waals surface area (Å²) in [5, 5.41) is 18.8. The van der Waals surface area contributed by atoms with Gasteiger partial charge in [-0.05, 0) is 32.8 Å². The average Bonchev–Trinajstić information content (AvgIpc) is 2.54. The SMILES string of the molecule is CC.CCOC(=O)/C(C=N)=C(/N/C=C/C(C)(C)OC#N)OCC(C)C. The number of nitriles is 1. The van der Waals surface area contributed by atoms with Crippen LogP contribution in [0.5, 0.6) is 0 Å². The molecule has 0 atom stereocenters. The smallest absolute Gasteiger partial charge is 0.345 e. The number of carbonyl (C=O) groups excluding carboxylic acids is 1. The fraction of sp³-hybridized carbons (Fsp3) is 0.611. The number of carbonyl (C=O) groups is 1. The Morgan fingerprint density at radius 2 is 1.92 bits per heavy atom. The number of nitrogens with zero attached hydrogens (tertiary/aromatic N) is 1. The number of hydrogen-bond donors (Lipinski definition) is 2. The number of esters is 1. The molecule has 0 radical (unpaired) electrons. The maximum absolute atomic E-state index is 11.9. The van der Waals surface area contributed by atoms with Gasteiger partial charge in [0.25, 0.3) is 6.26 Å². The van der Waals surface area contributed by atoms with Crippen molar-refractivity contribution >= 4 is 12.2 Å². The van der Waals surface area contributed by atoms with E-state index in [1.807, 2.05) is 27.7 Å². The fourth-order valence-corrected chi connectivity index (χ4v) is 1.34. The lowest BCUT2D eigenvalue weighted by molar-refractivity contribution is -0.138. The first-order chi connectivity index (χ1) is 11.8. The maximum atomic E-state index is 11.9. The highest BCUT2D eigenvalue weighted by atomic mass is 16.5. The van der Waals surface area contributed by atoms with Gasteiger partial charge < -0.3 is 24.9 Å². The second kappa shape index (κ2) is 13.9. The van der Waals surface area contributed by atoms with Gasteiger partial charge in [-0.25, -0.2) is 4.79 Å². The molecule has 0 aliphatic rings. The molecule has 0 saturated heterocycles. The molecule has 0 aliphatic heterocycles. The van der Waals surface area contributed by atoms with Gasteiger partial charge in [0, 0.05) is 12.4 Å². The second-order valence-corrected chi connectivity index (χ2v) is 5.59. The van der Waals surface area contributed by atoms with Crippen LogP contribution in [0.1, 0.15) is 48.5 Å². The molecule has 0 aromatic rings. The zero-order valence-electron chi connectivity index (χ0n) is 16.3. The van der Waals surface area contributed by atoms with Crippen LogP contribution in [0, 0.1) is 22.8 Å². The topological polar surface area (TPSA) is 104 Å². The first kappa shape index (κ1) is 24.8. The number of nitrogens with one attached hydrogen (secondary N) is 2. The first-order valence-corrected chi connectivity index (χ1v) is 8.33. The van der Waals surface area contributed by atoms with E-state index in [0.29, 0.717) is 6.61 Å². The Morgan fingerprint density at radius 1 is 1.32 bits per heavy atom. The van der Waals surface area contributed by atoms with Gasteiger partial charge in [0.05, 0.1) is 13.2 Å². The highest BCUT2D eigenvalue weighted by Crippen LogP contribution is 2.11. The molecular weight excluding hydrogens is 322 g/mol. The van der Waals surface area contributed by atoms with E-state index in [4.69, 9.17) is 24.9 Å². The van der Waals surface area contributed by atoms with Crippen molar-refractivity contribution in [1.82, 2.24) is 5.32 Å². The molecule has 0 bridgehead atoms. The summed E-state index contributed by atoms with van der Waals surface area (Å²) in [7, 11) is 0. The van der Waals surface area contributed by atoms with Gasteiger partial charge in [-0.3, -0.25) is 0 Å². The quantitative estimate of drug-likeness (QED) is 0.205. The summed E-state index contributed by atoms with van der Waals surface area (Å²) in [6, 6.07) is 0. The van der Waals surface area contributed by atoms with Crippen molar-refractivity contribution in [2.45, 2.75) is 54.1 Å². The summed E-state index contributed by atoms with van der Waals surface area (Å²) in [4.78, 5) is 11.9. The van der Waals surface area contributed by atoms with Crippen molar-refractivity contribution in [2.75, 3.05) is 13.2 Å². The first-order valence-electron chi connectivity index (χ1n) is 8.33. The van der Waals surface area contributed by atoms with Crippen LogP contribution >= 0.6 is 0 Å². The Kier molecular flexibility index (Phi) is 13.8. The molecule has 0 rings (SSSR count). The highest BCUT2D eigenvalue weighted by Gasteiger charge is 2.18. The summed E-state index contributed by atoms with van der Waals surface area (Å²) in [6.07, 6.45) is 5.60. The minimum absolute atomic E-state index is 0.0174. The molecule has 0 spiro atoms. The third kappa shape index (κ3) is 11.7. The third-order valence-corrected chi connectivity index (χ3v) is 2.45. The molecule has 25 heavy (non-hydrogen) atoms. The van der Waals surface area contributed by atoms with E-state index in [-0.39, 0.29) is 24.0 Å². The van der Waals surface area contributed by atoms with Gasteiger partial charge in [-0.15, -0.1) is 0 Å². The van der Waals surface area contributed by atoms with Crippen molar-refractivity contribution in [3.8, 4) is 6.26 Å². The van der Waals surface area contributed by atoms with E-state index in [9.17, 15) is 4.79 Å². The molecule has 0 aromatic heterocycles. The average molecular weight is 353 g/mol. The van der Waals surface area contributed by atoms with Gasteiger partial charge in [-0.2, -0.15) is 5.26 Å². The molecule has 7 heteroatoms. The molecule has 0 amide bonds. The molecule has 0 heterocycles. The van der Waals surface area contributed by atoms with Gasteiger partial charge in [0.15, 0.2) is 0 Å². The maximum Gasteiger partial charge on any atom is 0.345 e. The van der Waals surface area contributed by atoms with Crippen LogP contribution in [0.25, 0.3) is 0 Å². The molecule has 2 N–H and O–H groups in total. The lowest BCUT2D eigenvalue weighted by Gasteiger charge is -2.18. The third-order valence-electron chi connectivity index (χ3n) is 2.45. The molecular formula is C18H31N3O4. The van der Waals surface area contributed by atoms with E-state index in [2.05, 4.69) is 5.32 Å². The van der Waals surface area contributed by atoms with E-state index in [1.165, 1.54) is 6.20 Å². The van der Waals surface area contributed by atoms with Gasteiger partial charge in [-0.1, -0.05) is 27.7 Å². The lowest BCUT2D eigenvalue weighted by atomic mass is 10.1. The Bertz CT molecular complexity index is 503. The van der Waals surface area contributed by atoms with E-state index < -0.39 is 11.6 Å². The van der Waals surface area contributed by atoms with Crippen molar-refractivity contribution in [3.05, 3.63) is 23.7 Å². The van der Waals surface area contributed by atoms with Crippen LogP contribution < -0.4 is 5.32 Å². The van der Waals surface area contributed by atoms with Crippen LogP contribution in [0.3, 0.4) is 0 Å². The standard InChI is InChI=1S/C16H25N3O4.C2H6/c1-6-21-15(20)13(9-17)14(22-10-12(2)3)19-8-7-16(4,5)23-11-18;1-2/h7-9,12,17,19H,6,10H2,1-5H3;1-2H3/b8-7+,14-13-,17-9?;. The van der Waals surface area contributed by atoms with Crippen molar-refractivity contribution in [2.24, 2.45) is 5.92 Å². The zero-order chi connectivity index (χ0) is 19.9. The largest absolute Gasteiger partial charge is 0.478 e.